The maximum atomic E-state index is 7.27. The van der Waals surface area contributed by atoms with Crippen LogP contribution in [0.1, 0.15) is 5.56 Å². The predicted octanol–water partition coefficient (Wildman–Crippen LogP) is 12.4. The maximum Gasteiger partial charge on any atom is 0.375 e. The summed E-state index contributed by atoms with van der Waals surface area (Å²) in [6.45, 7) is 2.03. The van der Waals surface area contributed by atoms with Crippen LogP contribution in [0.25, 0.3) is 93.8 Å². The summed E-state index contributed by atoms with van der Waals surface area (Å²) in [6, 6.07) is 59.4. The van der Waals surface area contributed by atoms with Crippen molar-refractivity contribution < 1.29 is 8.83 Å². The highest BCUT2D eigenvalue weighted by Crippen LogP contribution is 2.50. The molecule has 0 amide bonds. The van der Waals surface area contributed by atoms with Gasteiger partial charge in [-0.25, -0.2) is 0 Å². The standard InChI is InChI=1S/C53H36BN3O2/c1-31-26-41-39-29-40-38-16-10-11-17-46(38)58-48(40)30-45(39)57(37-22-20-36(21-23-37)55(2)3)54-50(41)52-49(31)42-27-34(32-12-6-4-7-13-32)18-24-44(42)56(52)51-43-28-35(33-14-8-5-9-15-33)19-25-47(43)59-53(51)54/h4-30H,1-3H3. The van der Waals surface area contributed by atoms with Crippen LogP contribution in [0, 0.1) is 6.92 Å². The second kappa shape index (κ2) is 11.8. The number of anilines is 3. The van der Waals surface area contributed by atoms with Gasteiger partial charge in [0.25, 0.3) is 0 Å². The van der Waals surface area contributed by atoms with Crippen molar-refractivity contribution in [3.05, 3.63) is 169 Å². The minimum absolute atomic E-state index is 0.263. The van der Waals surface area contributed by atoms with Crippen LogP contribution in [0.3, 0.4) is 0 Å². The first-order valence-corrected chi connectivity index (χ1v) is 20.3. The molecule has 0 N–H and O–H groups in total. The van der Waals surface area contributed by atoms with Crippen molar-refractivity contribution in [3.8, 4) is 39.1 Å². The van der Waals surface area contributed by atoms with Crippen LogP contribution in [0.2, 0.25) is 0 Å². The van der Waals surface area contributed by atoms with Gasteiger partial charge in [-0.2, -0.15) is 0 Å². The fourth-order valence-corrected chi connectivity index (χ4v) is 10.2. The molecule has 3 aromatic heterocycles. The number of para-hydroxylation sites is 1. The minimum atomic E-state index is -0.263. The van der Waals surface area contributed by atoms with Gasteiger partial charge in [0.1, 0.15) is 22.4 Å². The quantitative estimate of drug-likeness (QED) is 0.168. The zero-order chi connectivity index (χ0) is 39.1. The smallest absolute Gasteiger partial charge is 0.375 e. The van der Waals surface area contributed by atoms with Gasteiger partial charge < -0.3 is 23.1 Å². The van der Waals surface area contributed by atoms with E-state index in [4.69, 9.17) is 8.83 Å². The van der Waals surface area contributed by atoms with Crippen LogP contribution >= 0.6 is 0 Å². The summed E-state index contributed by atoms with van der Waals surface area (Å²) in [5.41, 5.74) is 20.1. The Balaban J connectivity index is 1.20. The number of aryl methyl sites for hydroxylation is 1. The summed E-state index contributed by atoms with van der Waals surface area (Å²) in [7, 11) is 4.18. The molecule has 5 heterocycles. The number of nitrogens with zero attached hydrogens (tertiary/aromatic N) is 3. The Morgan fingerprint density at radius 2 is 1.20 bits per heavy atom. The normalized spacial score (nSPS) is 12.9. The van der Waals surface area contributed by atoms with Crippen LogP contribution in [0.15, 0.2) is 173 Å². The van der Waals surface area contributed by atoms with Gasteiger partial charge in [-0.1, -0.05) is 97.1 Å². The lowest BCUT2D eigenvalue weighted by molar-refractivity contribution is 0.648. The Labute approximate surface area is 341 Å². The molecule has 0 saturated carbocycles. The second-order valence-electron chi connectivity index (χ2n) is 16.4. The zero-order valence-electron chi connectivity index (χ0n) is 32.8. The summed E-state index contributed by atoms with van der Waals surface area (Å²) >= 11 is 0. The third-order valence-electron chi connectivity index (χ3n) is 12.9. The number of aromatic nitrogens is 1. The number of fused-ring (bicyclic) bond motifs is 13. The first-order valence-electron chi connectivity index (χ1n) is 20.3. The molecule has 0 radical (unpaired) electrons. The summed E-state index contributed by atoms with van der Waals surface area (Å²) in [5, 5.41) is 5.86. The Morgan fingerprint density at radius 3 is 1.95 bits per heavy atom. The Morgan fingerprint density at radius 1 is 0.525 bits per heavy atom. The van der Waals surface area contributed by atoms with Gasteiger partial charge in [0, 0.05) is 69.7 Å². The lowest BCUT2D eigenvalue weighted by Gasteiger charge is -2.40. The van der Waals surface area contributed by atoms with Crippen LogP contribution in [-0.2, 0) is 0 Å². The zero-order valence-corrected chi connectivity index (χ0v) is 32.8. The molecule has 0 bridgehead atoms. The molecule has 278 valence electrons. The number of rotatable bonds is 4. The SMILES string of the molecule is Cc1cc2c3c4c1c1cc(-c5ccccc5)ccc1n4-c1c(oc4ccc(-c5ccccc5)cc14)B3N(c1ccc(N(C)C)cc1)c1cc3oc4ccccc4c3cc1-2. The molecule has 8 aromatic carbocycles. The molecule has 11 aromatic rings. The van der Waals surface area contributed by atoms with Gasteiger partial charge in [0.2, 0.25) is 0 Å². The van der Waals surface area contributed by atoms with Crippen LogP contribution in [-0.4, -0.2) is 25.5 Å². The van der Waals surface area contributed by atoms with Gasteiger partial charge >= 0.3 is 6.85 Å². The van der Waals surface area contributed by atoms with Gasteiger partial charge in [0.15, 0.2) is 0 Å². The van der Waals surface area contributed by atoms with Gasteiger partial charge in [-0.15, -0.1) is 0 Å². The molecule has 0 unspecified atom stereocenters. The molecular weight excluding hydrogens is 721 g/mol. The number of benzene rings is 8. The average Bonchev–Trinajstić information content (AvgIpc) is 3.95. The highest BCUT2D eigenvalue weighted by Gasteiger charge is 2.47. The molecule has 13 rings (SSSR count). The van der Waals surface area contributed by atoms with Crippen molar-refractivity contribution in [2.75, 3.05) is 23.8 Å². The first-order chi connectivity index (χ1) is 29.0. The Kier molecular flexibility index (Phi) is 6.53. The van der Waals surface area contributed by atoms with Crippen molar-refractivity contribution >= 4 is 89.7 Å². The number of hydrogen-bond acceptors (Lipinski definition) is 4. The van der Waals surface area contributed by atoms with Crippen LogP contribution in [0.5, 0.6) is 0 Å². The van der Waals surface area contributed by atoms with Gasteiger partial charge in [-0.3, -0.25) is 0 Å². The van der Waals surface area contributed by atoms with Gasteiger partial charge in [0.05, 0.1) is 16.7 Å². The van der Waals surface area contributed by atoms with E-state index in [-0.39, 0.29) is 6.85 Å². The van der Waals surface area contributed by atoms with E-state index in [0.29, 0.717) is 0 Å². The van der Waals surface area contributed by atoms with E-state index < -0.39 is 0 Å². The molecule has 0 spiro atoms. The monoisotopic (exact) mass is 757 g/mol. The van der Waals surface area contributed by atoms with E-state index in [0.717, 1.165) is 66.9 Å². The third-order valence-corrected chi connectivity index (χ3v) is 12.9. The summed E-state index contributed by atoms with van der Waals surface area (Å²) in [4.78, 5) is 4.66. The first kappa shape index (κ1) is 32.6. The summed E-state index contributed by atoms with van der Waals surface area (Å²) in [6.07, 6.45) is 0. The van der Waals surface area contributed by atoms with Crippen molar-refractivity contribution in [2.45, 2.75) is 6.92 Å². The van der Waals surface area contributed by atoms with E-state index in [1.807, 2.05) is 6.07 Å². The number of furan rings is 2. The van der Waals surface area contributed by atoms with Crippen molar-refractivity contribution in [1.29, 1.82) is 0 Å². The fraction of sp³-hybridized carbons (Fsp3) is 0.0566. The van der Waals surface area contributed by atoms with E-state index in [1.165, 1.54) is 60.6 Å². The topological polar surface area (TPSA) is 37.7 Å². The molecule has 0 saturated heterocycles. The highest BCUT2D eigenvalue weighted by molar-refractivity contribution is 6.93. The van der Waals surface area contributed by atoms with Crippen molar-refractivity contribution in [1.82, 2.24) is 4.57 Å². The minimum Gasteiger partial charge on any atom is -0.466 e. The highest BCUT2D eigenvalue weighted by atomic mass is 16.3. The van der Waals surface area contributed by atoms with Crippen LogP contribution in [0.4, 0.5) is 17.1 Å². The van der Waals surface area contributed by atoms with Crippen molar-refractivity contribution in [2.24, 2.45) is 0 Å². The molecule has 6 heteroatoms. The molecule has 0 fully saturated rings. The van der Waals surface area contributed by atoms with Gasteiger partial charge in [-0.05, 0) is 106 Å². The second-order valence-corrected chi connectivity index (χ2v) is 16.4. The van der Waals surface area contributed by atoms with Crippen LogP contribution < -0.4 is 20.8 Å². The van der Waals surface area contributed by atoms with E-state index >= 15 is 0 Å². The molecule has 0 aliphatic carbocycles. The molecule has 2 aliphatic rings. The van der Waals surface area contributed by atoms with Crippen molar-refractivity contribution in [3.63, 3.8) is 0 Å². The fourth-order valence-electron chi connectivity index (χ4n) is 10.2. The molecule has 59 heavy (non-hydrogen) atoms. The van der Waals surface area contributed by atoms with E-state index in [9.17, 15) is 0 Å². The van der Waals surface area contributed by atoms with E-state index in [2.05, 4.69) is 193 Å². The molecule has 5 nitrogen and oxygen atoms in total. The molecule has 2 aliphatic heterocycles. The lowest BCUT2D eigenvalue weighted by Crippen LogP contribution is -2.60. The largest absolute Gasteiger partial charge is 0.466 e. The maximum absolute atomic E-state index is 7.27. The van der Waals surface area contributed by atoms with E-state index in [1.54, 1.807) is 0 Å². The summed E-state index contributed by atoms with van der Waals surface area (Å²) in [5.74, 6) is 0. The molecular formula is C53H36BN3O2. The third kappa shape index (κ3) is 4.46. The summed E-state index contributed by atoms with van der Waals surface area (Å²) < 4.78 is 16.4. The Bertz CT molecular complexity index is 3540. The number of hydrogen-bond donors (Lipinski definition) is 0. The molecule has 0 atom stereocenters. The average molecular weight is 758 g/mol. The Hall–Kier alpha value is -7.44. The lowest BCUT2D eigenvalue weighted by atomic mass is 9.46. The predicted molar refractivity (Wildman–Crippen MR) is 247 cm³/mol.